The zero-order chi connectivity index (χ0) is 72.4. The molecule has 102 heavy (non-hydrogen) atoms. The molecule has 14 rings (SSSR count). The number of halogens is 3. The summed E-state index contributed by atoms with van der Waals surface area (Å²) in [7, 11) is 2.77. The Balaban J connectivity index is 0.000000317. The van der Waals surface area contributed by atoms with Crippen LogP contribution in [0.25, 0.3) is 54.5 Å². The number of rotatable bonds is 10. The summed E-state index contributed by atoms with van der Waals surface area (Å²) in [5, 5.41) is 14.4. The van der Waals surface area contributed by atoms with E-state index in [2.05, 4.69) is 94.0 Å². The number of fused-ring (bicyclic) bond motifs is 5. The molecule has 0 aliphatic heterocycles. The number of hydrogen-bond donors (Lipinski definition) is 1. The molecule has 0 fully saturated rings. The number of hydrogen-bond acceptors (Lipinski definition) is 11. The van der Waals surface area contributed by atoms with Gasteiger partial charge in [0.2, 0.25) is 0 Å². The fourth-order valence-electron chi connectivity index (χ4n) is 10.1. The van der Waals surface area contributed by atoms with Crippen molar-refractivity contribution in [2.24, 2.45) is 0 Å². The third-order valence-electron chi connectivity index (χ3n) is 14.6. The molecule has 0 aliphatic rings. The van der Waals surface area contributed by atoms with E-state index in [0.29, 0.717) is 22.0 Å². The van der Waals surface area contributed by atoms with Gasteiger partial charge in [0.05, 0.1) is 64.0 Å². The maximum atomic E-state index is 12.2. The standard InChI is InChI=1S/C18H15NO2.C17H15NO.C17H13NO.C11H8BrNO2.C9H6BrN.C7H7.4C2H6.ClH.Mg/c1-21-18(20)17-14(11-13-7-3-2-4-8-13)12-19-16-10-6-5-9-15(16)17;2*19-12-16-14(10-13-6-2-1-3-7-13)11-18-17-9-5-4-8-15(16)17;1-15-11(14)10-7-4-2-3-5-9(7)13-6-8(10)12;10-8-5-7-3-1-2-4-9(7)11-6-8;1-7-5-3-2-4-6-7;4*1-2;;/h2-10,12H,11H2,1H3;1-9,11,19H,10,12H2;1-9,11-12H,10H2;2-6H,1H3;1-6H;2-6H,1H2;4*1-2H3;1H;/q;;;;;-1;;;;;;+2/p-1. The van der Waals surface area contributed by atoms with Gasteiger partial charge in [0.15, 0.2) is 6.29 Å². The fraction of sp³-hybridized carbons (Fsp3) is 0.161. The van der Waals surface area contributed by atoms with Gasteiger partial charge in [0.1, 0.15) is 0 Å². The number of para-hydroxylation sites is 5. The van der Waals surface area contributed by atoms with E-state index in [4.69, 9.17) is 9.47 Å². The molecule has 0 radical (unpaired) electrons. The van der Waals surface area contributed by atoms with Gasteiger partial charge >= 0.3 is 35.0 Å². The van der Waals surface area contributed by atoms with Crippen LogP contribution >= 0.6 is 31.9 Å². The number of aldehydes is 1. The third kappa shape index (κ3) is 26.1. The SMILES string of the molecule is Brc1cnc2ccccc2c1.CC.CC.CC.CC.COC(=O)c1c(Br)cnc2ccccc12.COC(=O)c1c(Cc2ccccc2)cnc2ccccc12.O=Cc1c(Cc2ccccc2)cnc2ccccc12.OCc1c(Cc2ccccc2)cnc2ccccc12.[CH2-]c1ccccc1.[Cl-].[Mg+2]. The Labute approximate surface area is 641 Å². The number of esters is 2. The van der Waals surface area contributed by atoms with Crippen molar-refractivity contribution >= 4 is 128 Å². The fourth-order valence-corrected chi connectivity index (χ4v) is 10.9. The first-order valence-corrected chi connectivity index (χ1v) is 35.0. The van der Waals surface area contributed by atoms with Crippen LogP contribution in [0.2, 0.25) is 0 Å². The van der Waals surface area contributed by atoms with E-state index in [-0.39, 0.29) is 54.0 Å². The van der Waals surface area contributed by atoms with Crippen LogP contribution in [0.15, 0.2) is 289 Å². The molecule has 15 heteroatoms. The van der Waals surface area contributed by atoms with Crippen molar-refractivity contribution in [3.05, 3.63) is 357 Å². The van der Waals surface area contributed by atoms with Gasteiger partial charge in [-0.15, -0.1) is 12.1 Å². The molecule has 0 saturated carbocycles. The number of aromatic nitrogens is 5. The van der Waals surface area contributed by atoms with Crippen LogP contribution < -0.4 is 12.4 Å². The summed E-state index contributed by atoms with van der Waals surface area (Å²) < 4.78 is 11.4. The number of carbonyl (C=O) groups is 3. The third-order valence-corrected chi connectivity index (χ3v) is 15.7. The minimum Gasteiger partial charge on any atom is -1.00 e. The number of aliphatic hydroxyl groups excluding tert-OH is 1. The molecule has 1 N–H and O–H groups in total. The number of methoxy groups -OCH3 is 2. The number of aliphatic hydroxyl groups is 1. The topological polar surface area (TPSA) is 154 Å². The molecule has 0 spiro atoms. The molecule has 5 aromatic heterocycles. The van der Waals surface area contributed by atoms with Gasteiger partial charge in [-0.2, -0.15) is 24.6 Å². The van der Waals surface area contributed by atoms with Crippen molar-refractivity contribution in [3.63, 3.8) is 0 Å². The summed E-state index contributed by atoms with van der Waals surface area (Å²) in [6.07, 6.45) is 12.0. The second kappa shape index (κ2) is 49.1. The molecule has 0 amide bonds. The summed E-state index contributed by atoms with van der Waals surface area (Å²) in [5.74, 6) is -0.681. The Morgan fingerprint density at radius 2 is 0.745 bits per heavy atom. The summed E-state index contributed by atoms with van der Waals surface area (Å²) in [6.45, 7) is 19.8. The van der Waals surface area contributed by atoms with Gasteiger partial charge in [-0.25, -0.2) is 9.59 Å². The summed E-state index contributed by atoms with van der Waals surface area (Å²) in [5.41, 5.74) is 14.8. The molecule has 0 aliphatic carbocycles. The number of ether oxygens (including phenoxy) is 2. The number of carbonyl (C=O) groups excluding carboxylic acids is 3. The zero-order valence-electron chi connectivity index (χ0n) is 59.7. The molecule has 0 saturated heterocycles. The van der Waals surface area contributed by atoms with Gasteiger partial charge in [-0.05, 0) is 126 Å². The van der Waals surface area contributed by atoms with Crippen LogP contribution in [-0.2, 0) is 35.3 Å². The van der Waals surface area contributed by atoms with E-state index in [1.54, 1.807) is 18.6 Å². The van der Waals surface area contributed by atoms with E-state index in [9.17, 15) is 19.5 Å². The second-order valence-corrected chi connectivity index (χ2v) is 22.5. The van der Waals surface area contributed by atoms with Crippen LogP contribution in [0.1, 0.15) is 131 Å². The molecule has 520 valence electrons. The van der Waals surface area contributed by atoms with Crippen molar-refractivity contribution in [3.8, 4) is 0 Å². The monoisotopic (exact) mass is 1520 g/mol. The van der Waals surface area contributed by atoms with Crippen LogP contribution in [0.5, 0.6) is 0 Å². The molecule has 5 heterocycles. The maximum Gasteiger partial charge on any atom is 2.00 e. The van der Waals surface area contributed by atoms with Crippen molar-refractivity contribution in [2.45, 2.75) is 81.3 Å². The Morgan fingerprint density at radius 1 is 0.412 bits per heavy atom. The van der Waals surface area contributed by atoms with Crippen LogP contribution in [0.4, 0.5) is 0 Å². The largest absolute Gasteiger partial charge is 2.00 e. The van der Waals surface area contributed by atoms with Crippen molar-refractivity contribution in [1.82, 2.24) is 24.9 Å². The van der Waals surface area contributed by atoms with Gasteiger partial charge < -0.3 is 27.0 Å². The van der Waals surface area contributed by atoms with Gasteiger partial charge in [-0.1, -0.05) is 243 Å². The summed E-state index contributed by atoms with van der Waals surface area (Å²) in [4.78, 5) is 56.9. The number of benzene rings is 9. The van der Waals surface area contributed by atoms with Gasteiger partial charge in [-0.3, -0.25) is 29.7 Å². The Bertz CT molecular complexity index is 4750. The van der Waals surface area contributed by atoms with Crippen LogP contribution in [-0.4, -0.2) is 85.5 Å². The summed E-state index contributed by atoms with van der Waals surface area (Å²) in [6, 6.07) is 81.1. The molecular weight excluding hydrogens is 1430 g/mol. The maximum absolute atomic E-state index is 12.2. The van der Waals surface area contributed by atoms with Gasteiger partial charge in [0, 0.05) is 68.0 Å². The molecule has 0 unspecified atom stereocenters. The average molecular weight is 1520 g/mol. The van der Waals surface area contributed by atoms with E-state index >= 15 is 0 Å². The van der Waals surface area contributed by atoms with Crippen molar-refractivity contribution in [2.75, 3.05) is 14.2 Å². The Morgan fingerprint density at radius 3 is 1.20 bits per heavy atom. The molecule has 0 bridgehead atoms. The molecule has 9 aromatic carbocycles. The number of nitrogens with zero attached hydrogens (tertiary/aromatic N) is 5. The minimum absolute atomic E-state index is 0. The molecule has 14 aromatic rings. The minimum atomic E-state index is -0.361. The van der Waals surface area contributed by atoms with E-state index < -0.39 is 0 Å². The number of pyridine rings is 5. The smallest absolute Gasteiger partial charge is 1.00 e. The molecular formula is C87H88Br2ClMgN5O6. The van der Waals surface area contributed by atoms with E-state index in [0.717, 1.165) is 112 Å². The van der Waals surface area contributed by atoms with Crippen molar-refractivity contribution < 1.29 is 41.4 Å². The average Bonchev–Trinajstić information content (AvgIpc) is 0.813. The second-order valence-electron chi connectivity index (χ2n) is 20.7. The molecule has 11 nitrogen and oxygen atoms in total. The van der Waals surface area contributed by atoms with E-state index in [1.165, 1.54) is 30.7 Å². The first-order valence-electron chi connectivity index (χ1n) is 33.4. The quantitative estimate of drug-likeness (QED) is 0.0602. The first kappa shape index (κ1) is 86.7. The normalized spacial score (nSPS) is 9.58. The van der Waals surface area contributed by atoms with Gasteiger partial charge in [0.25, 0.3) is 0 Å². The first-order chi connectivity index (χ1) is 49.0. The Hall–Kier alpha value is -9.51. The van der Waals surface area contributed by atoms with Crippen molar-refractivity contribution in [1.29, 1.82) is 0 Å². The van der Waals surface area contributed by atoms with Crippen LogP contribution in [0, 0.1) is 6.92 Å². The molecule has 0 atom stereocenters. The summed E-state index contributed by atoms with van der Waals surface area (Å²) >= 11 is 6.67. The zero-order valence-corrected chi connectivity index (χ0v) is 65.1. The van der Waals surface area contributed by atoms with Crippen LogP contribution in [0.3, 0.4) is 0 Å². The predicted octanol–water partition coefficient (Wildman–Crippen LogP) is 18.9. The van der Waals surface area contributed by atoms with E-state index in [1.807, 2.05) is 286 Å². The predicted molar refractivity (Wildman–Crippen MR) is 428 cm³/mol. The Kier molecular flexibility index (Phi) is 41.8.